The van der Waals surface area contributed by atoms with Gasteiger partial charge in [0.05, 0.1) is 9.49 Å². The molecule has 0 aromatic heterocycles. The number of benzene rings is 2. The van der Waals surface area contributed by atoms with Crippen LogP contribution in [0.1, 0.15) is 103 Å². The van der Waals surface area contributed by atoms with Crippen LogP contribution in [0.2, 0.25) is 0 Å². The summed E-state index contributed by atoms with van der Waals surface area (Å²) in [5.74, 6) is 0. The summed E-state index contributed by atoms with van der Waals surface area (Å²) in [5, 5.41) is 0. The van der Waals surface area contributed by atoms with Gasteiger partial charge in [-0.25, -0.2) is 0 Å². The summed E-state index contributed by atoms with van der Waals surface area (Å²) >= 11 is 0. The predicted octanol–water partition coefficient (Wildman–Crippen LogP) is 8.22. The summed E-state index contributed by atoms with van der Waals surface area (Å²) in [6, 6.07) is 18.6. The van der Waals surface area contributed by atoms with E-state index in [1.807, 2.05) is 0 Å². The van der Waals surface area contributed by atoms with Crippen LogP contribution in [0.5, 0.6) is 0 Å². The van der Waals surface area contributed by atoms with Gasteiger partial charge in [-0.05, 0) is 107 Å². The average Bonchev–Trinajstić information content (AvgIpc) is 3.71. The number of hydrogen-bond donors (Lipinski definition) is 0. The molecule has 2 aliphatic carbocycles. The molecule has 2 aromatic rings. The van der Waals surface area contributed by atoms with Crippen molar-refractivity contribution in [2.45, 2.75) is 114 Å². The van der Waals surface area contributed by atoms with Crippen LogP contribution in [0.3, 0.4) is 0 Å². The monoisotopic (exact) mass is 500 g/mol. The van der Waals surface area contributed by atoms with Crippen LogP contribution in [-0.2, 0) is 34.5 Å². The summed E-state index contributed by atoms with van der Waals surface area (Å²) in [7, 11) is -0.865. The van der Waals surface area contributed by atoms with Gasteiger partial charge in [0.15, 0.2) is 0 Å². The highest BCUT2D eigenvalue weighted by Crippen LogP contribution is 2.89. The second-order valence-electron chi connectivity index (χ2n) is 14.7. The van der Waals surface area contributed by atoms with Crippen molar-refractivity contribution in [3.8, 4) is 0 Å². The smallest absolute Gasteiger partial charge is 0.0716 e. The fraction of sp³-hybridized carbons (Fsp3) is 0.588. The van der Waals surface area contributed by atoms with Crippen molar-refractivity contribution in [3.05, 3.63) is 81.9 Å². The predicted molar refractivity (Wildman–Crippen MR) is 153 cm³/mol. The second kappa shape index (κ2) is 7.25. The Bertz CT molecular complexity index is 1170. The first-order valence-electron chi connectivity index (χ1n) is 14.0. The Kier molecular flexibility index (Phi) is 4.96. The Morgan fingerprint density at radius 2 is 0.917 bits per heavy atom. The van der Waals surface area contributed by atoms with Crippen LogP contribution in [0.4, 0.5) is 0 Å². The van der Waals surface area contributed by atoms with Gasteiger partial charge >= 0.3 is 0 Å². The van der Waals surface area contributed by atoms with Gasteiger partial charge < -0.3 is 0 Å². The average molecular weight is 501 g/mol. The third kappa shape index (κ3) is 2.97. The van der Waals surface area contributed by atoms with E-state index >= 15 is 0 Å². The Labute approximate surface area is 221 Å². The highest BCUT2D eigenvalue weighted by atomic mass is 32.2. The van der Waals surface area contributed by atoms with E-state index in [0.717, 1.165) is 12.8 Å². The summed E-state index contributed by atoms with van der Waals surface area (Å²) in [5.41, 5.74) is 9.40. The molecule has 6 rings (SSSR count). The molecule has 1 nitrogen and oxygen atoms in total. The molecule has 0 N–H and O–H groups in total. The maximum absolute atomic E-state index is 14.6. The quantitative estimate of drug-likeness (QED) is 0.387. The molecule has 1 saturated heterocycles. The molecule has 36 heavy (non-hydrogen) atoms. The third-order valence-corrected chi connectivity index (χ3v) is 13.7. The molecule has 0 amide bonds. The molecule has 3 fully saturated rings. The minimum atomic E-state index is -0.865. The Hall–Kier alpha value is -1.67. The van der Waals surface area contributed by atoms with Crippen molar-refractivity contribution < 1.29 is 4.21 Å². The van der Waals surface area contributed by atoms with Crippen LogP contribution in [-0.4, -0.2) is 13.7 Å². The van der Waals surface area contributed by atoms with Crippen LogP contribution in [0.15, 0.2) is 59.7 Å². The molecule has 2 aromatic carbocycles. The molecule has 2 aliphatic heterocycles. The number of rotatable bonds is 4. The van der Waals surface area contributed by atoms with Gasteiger partial charge in [-0.15, -0.1) is 0 Å². The lowest BCUT2D eigenvalue weighted by Crippen LogP contribution is -2.45. The van der Waals surface area contributed by atoms with Gasteiger partial charge in [0.25, 0.3) is 0 Å². The first kappa shape index (κ1) is 24.7. The largest absolute Gasteiger partial charge is 0.258 e. The van der Waals surface area contributed by atoms with Crippen LogP contribution < -0.4 is 0 Å². The summed E-state index contributed by atoms with van der Waals surface area (Å²) in [4.78, 5) is 0. The van der Waals surface area contributed by atoms with Crippen LogP contribution in [0, 0.1) is 10.8 Å². The Morgan fingerprint density at radius 1 is 0.611 bits per heavy atom. The molecule has 2 spiro atoms. The zero-order valence-electron chi connectivity index (χ0n) is 23.7. The van der Waals surface area contributed by atoms with Crippen molar-refractivity contribution in [1.29, 1.82) is 0 Å². The van der Waals surface area contributed by atoms with Gasteiger partial charge in [0, 0.05) is 10.8 Å². The van der Waals surface area contributed by atoms with Gasteiger partial charge in [0.2, 0.25) is 0 Å². The van der Waals surface area contributed by atoms with E-state index < -0.39 is 10.8 Å². The number of hydrogen-bond acceptors (Lipinski definition) is 1. The molecule has 2 heterocycles. The maximum atomic E-state index is 14.6. The molecular formula is C34H44OS. The van der Waals surface area contributed by atoms with E-state index in [9.17, 15) is 4.21 Å². The topological polar surface area (TPSA) is 17.1 Å². The van der Waals surface area contributed by atoms with Crippen molar-refractivity contribution >= 4 is 10.8 Å². The van der Waals surface area contributed by atoms with Gasteiger partial charge in [-0.2, -0.15) is 0 Å². The molecule has 2 atom stereocenters. The number of fused-ring (bicyclic) bond motifs is 5. The van der Waals surface area contributed by atoms with Crippen molar-refractivity contribution in [2.24, 2.45) is 10.8 Å². The molecule has 2 saturated carbocycles. The van der Waals surface area contributed by atoms with Gasteiger partial charge in [-0.3, -0.25) is 4.21 Å². The van der Waals surface area contributed by atoms with Crippen molar-refractivity contribution in [3.63, 3.8) is 0 Å². The zero-order valence-corrected chi connectivity index (χ0v) is 24.5. The highest BCUT2D eigenvalue weighted by molar-refractivity contribution is 7.89. The summed E-state index contributed by atoms with van der Waals surface area (Å²) in [6.07, 6.45) is 6.95. The summed E-state index contributed by atoms with van der Waals surface area (Å²) in [6.45, 7) is 18.5. The summed E-state index contributed by atoms with van der Waals surface area (Å²) < 4.78 is 14.2. The molecule has 2 unspecified atom stereocenters. The van der Waals surface area contributed by atoms with E-state index in [2.05, 4.69) is 104 Å². The lowest BCUT2D eigenvalue weighted by atomic mass is 9.58. The lowest BCUT2D eigenvalue weighted by molar-refractivity contribution is 0.207. The highest BCUT2D eigenvalue weighted by Gasteiger charge is 2.89. The molecule has 2 bridgehead atoms. The Balaban J connectivity index is 1.44. The molecule has 0 radical (unpaired) electrons. The molecule has 2 heteroatoms. The molecule has 4 aliphatic rings. The fourth-order valence-corrected chi connectivity index (χ4v) is 11.6. The van der Waals surface area contributed by atoms with Gasteiger partial charge in [-0.1, -0.05) is 90.1 Å². The lowest BCUT2D eigenvalue weighted by Gasteiger charge is -2.43. The molecular weight excluding hydrogens is 456 g/mol. The van der Waals surface area contributed by atoms with Crippen LogP contribution in [0.25, 0.3) is 0 Å². The Morgan fingerprint density at radius 3 is 1.17 bits per heavy atom. The molecule has 192 valence electrons. The van der Waals surface area contributed by atoms with E-state index in [4.69, 9.17) is 0 Å². The SMILES string of the molecule is CC(C)(C)c1ccc(CC2=C(Cc3ccc(C(C)(C)C)cc3)C3(C)S(=O)C2(C)C2(CC2)C32CC2)cc1. The van der Waals surface area contributed by atoms with Gasteiger partial charge in [0.1, 0.15) is 0 Å². The van der Waals surface area contributed by atoms with Crippen molar-refractivity contribution in [1.82, 2.24) is 0 Å². The fourth-order valence-electron chi connectivity index (χ4n) is 8.42. The van der Waals surface area contributed by atoms with E-state index in [-0.39, 0.29) is 31.2 Å². The first-order valence-corrected chi connectivity index (χ1v) is 15.2. The maximum Gasteiger partial charge on any atom is 0.0716 e. The van der Waals surface area contributed by atoms with Crippen LogP contribution >= 0.6 is 0 Å². The zero-order chi connectivity index (χ0) is 25.9. The van der Waals surface area contributed by atoms with E-state index in [1.165, 1.54) is 59.1 Å². The van der Waals surface area contributed by atoms with E-state index in [1.54, 1.807) is 0 Å². The van der Waals surface area contributed by atoms with Crippen molar-refractivity contribution in [2.75, 3.05) is 0 Å². The normalized spacial score (nSPS) is 31.5. The van der Waals surface area contributed by atoms with E-state index in [0.29, 0.717) is 0 Å². The second-order valence-corrected chi connectivity index (χ2v) is 16.9. The minimum Gasteiger partial charge on any atom is -0.258 e. The standard InChI is InChI=1S/C34H44OS/c1-29(2,3)25-13-9-23(10-14-25)21-27-28(22-24-11-15-26(16-12-24)30(4,5)6)32(8)34(19-20-34)33(17-18-33)31(27,7)36(32)35/h9-16H,17-22H2,1-8H3. The minimum absolute atomic E-state index is 0.159. The third-order valence-electron chi connectivity index (χ3n) is 10.9. The first-order chi connectivity index (χ1) is 16.7.